The van der Waals surface area contributed by atoms with Crippen LogP contribution in [0.2, 0.25) is 0 Å². The van der Waals surface area contributed by atoms with Gasteiger partial charge in [-0.3, -0.25) is 0 Å². The summed E-state index contributed by atoms with van der Waals surface area (Å²) >= 11 is 3.66. The molecule has 0 heterocycles. The van der Waals surface area contributed by atoms with Gasteiger partial charge < -0.3 is 4.90 Å². The minimum Gasteiger partial charge on any atom is -0.348 e. The summed E-state index contributed by atoms with van der Waals surface area (Å²) in [6.07, 6.45) is 4.36. The molecule has 7 heteroatoms. The summed E-state index contributed by atoms with van der Waals surface area (Å²) in [6.45, 7) is 1.93. The third-order valence-corrected chi connectivity index (χ3v) is 6.33. The minimum atomic E-state index is -3.63. The number of nitrogens with zero attached hydrogens (tertiary/aromatic N) is 2. The van der Waals surface area contributed by atoms with Gasteiger partial charge in [-0.25, -0.2) is 18.1 Å². The van der Waals surface area contributed by atoms with E-state index < -0.39 is 10.0 Å². The summed E-state index contributed by atoms with van der Waals surface area (Å²) in [5.74, 6) is 0.377. The second kappa shape index (κ2) is 7.66. The lowest BCUT2D eigenvalue weighted by Crippen LogP contribution is -2.42. The first-order valence-corrected chi connectivity index (χ1v) is 10.2. The largest absolute Gasteiger partial charge is 0.348 e. The van der Waals surface area contributed by atoms with Crippen LogP contribution < -0.4 is 4.72 Å². The fourth-order valence-corrected chi connectivity index (χ4v) is 4.29. The van der Waals surface area contributed by atoms with Crippen molar-refractivity contribution < 1.29 is 8.42 Å². The van der Waals surface area contributed by atoms with E-state index in [1.165, 1.54) is 6.42 Å². The van der Waals surface area contributed by atoms with Gasteiger partial charge in [0.05, 0.1) is 10.9 Å². The van der Waals surface area contributed by atoms with Gasteiger partial charge in [-0.2, -0.15) is 0 Å². The van der Waals surface area contributed by atoms with E-state index >= 15 is 0 Å². The normalized spacial score (nSPS) is 22.7. The van der Waals surface area contributed by atoms with Crippen molar-refractivity contribution in [1.29, 1.82) is 0 Å². The van der Waals surface area contributed by atoms with Crippen LogP contribution in [0.3, 0.4) is 0 Å². The van der Waals surface area contributed by atoms with Crippen LogP contribution in [0.4, 0.5) is 0 Å². The van der Waals surface area contributed by atoms with Gasteiger partial charge >= 0.3 is 0 Å². The van der Waals surface area contributed by atoms with E-state index in [9.17, 15) is 8.42 Å². The van der Waals surface area contributed by atoms with E-state index in [0.29, 0.717) is 10.8 Å². The molecule has 0 aromatic heterocycles. The maximum Gasteiger partial charge on any atom is 0.264 e. The quantitative estimate of drug-likeness (QED) is 0.481. The van der Waals surface area contributed by atoms with Crippen molar-refractivity contribution in [2.75, 3.05) is 14.1 Å². The number of benzene rings is 1. The highest BCUT2D eigenvalue weighted by molar-refractivity contribution is 9.09. The maximum absolute atomic E-state index is 12.6. The van der Waals surface area contributed by atoms with Crippen LogP contribution in [0.1, 0.15) is 31.2 Å². The molecular formula is C16H24BrN3O2S. The van der Waals surface area contributed by atoms with Crippen LogP contribution in [0.5, 0.6) is 0 Å². The van der Waals surface area contributed by atoms with Gasteiger partial charge in [0, 0.05) is 18.9 Å². The fraction of sp³-hybridized carbons (Fsp3) is 0.562. The van der Waals surface area contributed by atoms with Gasteiger partial charge in [0.25, 0.3) is 10.0 Å². The van der Waals surface area contributed by atoms with Crippen LogP contribution in [0.25, 0.3) is 0 Å². The molecule has 23 heavy (non-hydrogen) atoms. The zero-order valence-electron chi connectivity index (χ0n) is 13.8. The van der Waals surface area contributed by atoms with E-state index in [0.717, 1.165) is 24.8 Å². The van der Waals surface area contributed by atoms with Crippen molar-refractivity contribution in [3.05, 3.63) is 29.8 Å². The van der Waals surface area contributed by atoms with E-state index in [1.54, 1.807) is 43.3 Å². The van der Waals surface area contributed by atoms with Gasteiger partial charge in [-0.15, -0.1) is 0 Å². The summed E-state index contributed by atoms with van der Waals surface area (Å²) < 4.78 is 27.7. The second-order valence-corrected chi connectivity index (χ2v) is 8.99. The molecule has 0 spiro atoms. The molecule has 1 aromatic rings. The Balaban J connectivity index is 2.23. The molecule has 0 amide bonds. The van der Waals surface area contributed by atoms with Gasteiger partial charge in [-0.05, 0) is 31.9 Å². The number of halogens is 1. The van der Waals surface area contributed by atoms with Crippen LogP contribution in [-0.4, -0.2) is 44.2 Å². The Morgan fingerprint density at radius 1 is 1.22 bits per heavy atom. The lowest BCUT2D eigenvalue weighted by molar-refractivity contribution is 0.452. The smallest absolute Gasteiger partial charge is 0.264 e. The first-order chi connectivity index (χ1) is 10.8. The summed E-state index contributed by atoms with van der Waals surface area (Å²) in [5, 5.41) is 0. The molecule has 1 aliphatic carbocycles. The Labute approximate surface area is 147 Å². The molecule has 128 valence electrons. The standard InChI is InChI=1S/C16H24BrN3O2S/c1-12-8-10-13(11-9-12)23(21,22)19-16(20(2)3)18-15-7-5-4-6-14(15)17/h8-11,14-15H,4-7H2,1-3H3,(H,18,19)/t14-,15+/m1/s1. The van der Waals surface area contributed by atoms with Crippen molar-refractivity contribution in [3.63, 3.8) is 0 Å². The minimum absolute atomic E-state index is 0.0990. The number of guanidine groups is 1. The second-order valence-electron chi connectivity index (χ2n) is 6.13. The third kappa shape index (κ3) is 4.94. The number of rotatable bonds is 3. The molecular weight excluding hydrogens is 378 g/mol. The molecule has 2 rings (SSSR count). The molecule has 5 nitrogen and oxygen atoms in total. The highest BCUT2D eigenvalue weighted by Gasteiger charge is 2.24. The molecule has 1 fully saturated rings. The van der Waals surface area contributed by atoms with Crippen molar-refractivity contribution in [2.45, 2.75) is 48.4 Å². The molecule has 1 aromatic carbocycles. The van der Waals surface area contributed by atoms with Crippen molar-refractivity contribution in [2.24, 2.45) is 4.99 Å². The number of hydrogen-bond donors (Lipinski definition) is 1. The van der Waals surface area contributed by atoms with E-state index in [4.69, 9.17) is 0 Å². The molecule has 0 saturated heterocycles. The Morgan fingerprint density at radius 2 is 1.83 bits per heavy atom. The van der Waals surface area contributed by atoms with Gasteiger partial charge in [0.1, 0.15) is 0 Å². The van der Waals surface area contributed by atoms with E-state index in [-0.39, 0.29) is 10.9 Å². The first kappa shape index (κ1) is 18.3. The Bertz CT molecular complexity index is 656. The zero-order valence-corrected chi connectivity index (χ0v) is 16.2. The van der Waals surface area contributed by atoms with Crippen LogP contribution in [0, 0.1) is 6.92 Å². The highest BCUT2D eigenvalue weighted by atomic mass is 79.9. The molecule has 0 radical (unpaired) electrons. The van der Waals surface area contributed by atoms with Gasteiger partial charge in [-0.1, -0.05) is 46.5 Å². The SMILES string of the molecule is Cc1ccc(S(=O)(=O)NC(=N[C@H]2CCCC[C@H]2Br)N(C)C)cc1. The van der Waals surface area contributed by atoms with Gasteiger partial charge in [0.15, 0.2) is 0 Å². The zero-order chi connectivity index (χ0) is 17.0. The summed E-state index contributed by atoms with van der Waals surface area (Å²) in [4.78, 5) is 6.91. The van der Waals surface area contributed by atoms with E-state index in [2.05, 4.69) is 25.6 Å². The van der Waals surface area contributed by atoms with Crippen molar-refractivity contribution in [1.82, 2.24) is 9.62 Å². The number of alkyl halides is 1. The number of aliphatic imine (C=N–C) groups is 1. The Hall–Kier alpha value is -1.08. The predicted molar refractivity (Wildman–Crippen MR) is 97.6 cm³/mol. The molecule has 0 aliphatic heterocycles. The van der Waals surface area contributed by atoms with Crippen molar-refractivity contribution >= 4 is 31.9 Å². The van der Waals surface area contributed by atoms with Crippen LogP contribution in [0.15, 0.2) is 34.2 Å². The highest BCUT2D eigenvalue weighted by Crippen LogP contribution is 2.27. The topological polar surface area (TPSA) is 61.8 Å². The van der Waals surface area contributed by atoms with Gasteiger partial charge in [0.2, 0.25) is 5.96 Å². The number of nitrogens with one attached hydrogen (secondary N) is 1. The van der Waals surface area contributed by atoms with Crippen LogP contribution >= 0.6 is 15.9 Å². The average molecular weight is 402 g/mol. The Morgan fingerprint density at radius 3 is 2.39 bits per heavy atom. The predicted octanol–water partition coefficient (Wildman–Crippen LogP) is 2.90. The lowest BCUT2D eigenvalue weighted by atomic mass is 9.96. The average Bonchev–Trinajstić information content (AvgIpc) is 2.49. The Kier molecular flexibility index (Phi) is 6.08. The number of aryl methyl sites for hydroxylation is 1. The lowest BCUT2D eigenvalue weighted by Gasteiger charge is -2.26. The molecule has 0 unspecified atom stereocenters. The molecule has 1 N–H and O–H groups in total. The molecule has 1 saturated carbocycles. The van der Waals surface area contributed by atoms with E-state index in [1.807, 2.05) is 6.92 Å². The summed E-state index contributed by atoms with van der Waals surface area (Å²) in [7, 11) is -0.0389. The maximum atomic E-state index is 12.6. The molecule has 0 bridgehead atoms. The summed E-state index contributed by atoms with van der Waals surface area (Å²) in [5.41, 5.74) is 1.02. The number of sulfonamides is 1. The first-order valence-electron chi connectivity index (χ1n) is 7.78. The molecule has 1 aliphatic rings. The van der Waals surface area contributed by atoms with Crippen molar-refractivity contribution in [3.8, 4) is 0 Å². The molecule has 2 atom stereocenters. The fourth-order valence-electron chi connectivity index (χ4n) is 2.50. The summed E-state index contributed by atoms with van der Waals surface area (Å²) in [6, 6.07) is 6.90. The number of hydrogen-bond acceptors (Lipinski definition) is 3. The third-order valence-electron chi connectivity index (χ3n) is 3.92. The van der Waals surface area contributed by atoms with Crippen LogP contribution in [-0.2, 0) is 10.0 Å². The monoisotopic (exact) mass is 401 g/mol.